The fourth-order valence-corrected chi connectivity index (χ4v) is 2.36. The molecule has 0 saturated carbocycles. The van der Waals surface area contributed by atoms with Crippen molar-refractivity contribution in [3.63, 3.8) is 0 Å². The molecule has 0 aliphatic rings. The van der Waals surface area contributed by atoms with E-state index in [1.807, 2.05) is 30.3 Å². The molecule has 1 N–H and O–H groups in total. The molecule has 0 aliphatic carbocycles. The Bertz CT molecular complexity index is 843. The number of hydrogen-bond donors (Lipinski definition) is 1. The van der Waals surface area contributed by atoms with Gasteiger partial charge in [-0.05, 0) is 48.0 Å². The Hall–Kier alpha value is -2.30. The van der Waals surface area contributed by atoms with E-state index in [0.29, 0.717) is 17.2 Å². The van der Waals surface area contributed by atoms with Crippen molar-refractivity contribution < 1.29 is 9.15 Å². The molecule has 0 atom stereocenters. The Balaban J connectivity index is 1.48. The summed E-state index contributed by atoms with van der Waals surface area (Å²) in [5.74, 6) is 0.803. The Morgan fingerprint density at radius 1 is 1.04 bits per heavy atom. The molecule has 5 heteroatoms. The highest BCUT2D eigenvalue weighted by molar-refractivity contribution is 6.30. The van der Waals surface area contributed by atoms with E-state index in [2.05, 4.69) is 5.32 Å². The van der Waals surface area contributed by atoms with Gasteiger partial charge in [-0.3, -0.25) is 0 Å². The molecular weight excluding hydrogens is 314 g/mol. The van der Waals surface area contributed by atoms with Gasteiger partial charge in [-0.25, -0.2) is 4.79 Å². The molecule has 2 aromatic carbocycles. The third-order valence-electron chi connectivity index (χ3n) is 3.37. The molecule has 23 heavy (non-hydrogen) atoms. The van der Waals surface area contributed by atoms with Crippen molar-refractivity contribution in [3.8, 4) is 5.75 Å². The Kier molecular flexibility index (Phi) is 4.95. The fourth-order valence-electron chi connectivity index (χ4n) is 2.24. The van der Waals surface area contributed by atoms with E-state index in [-0.39, 0.29) is 5.63 Å². The SMILES string of the molecule is O=c1ccc2cc(CNCCOc3ccc(Cl)cc3)ccc2o1. The summed E-state index contributed by atoms with van der Waals surface area (Å²) in [6, 6.07) is 16.3. The molecule has 3 rings (SSSR count). The van der Waals surface area contributed by atoms with Crippen LogP contribution in [-0.4, -0.2) is 13.2 Å². The summed E-state index contributed by atoms with van der Waals surface area (Å²) in [5.41, 5.74) is 1.40. The molecule has 0 aliphatic heterocycles. The number of ether oxygens (including phenoxy) is 1. The van der Waals surface area contributed by atoms with Crippen molar-refractivity contribution >= 4 is 22.6 Å². The van der Waals surface area contributed by atoms with E-state index in [9.17, 15) is 4.79 Å². The first-order chi connectivity index (χ1) is 11.2. The zero-order chi connectivity index (χ0) is 16.1. The molecule has 118 valence electrons. The lowest BCUT2D eigenvalue weighted by Crippen LogP contribution is -2.20. The maximum absolute atomic E-state index is 11.1. The molecule has 0 radical (unpaired) electrons. The molecule has 0 saturated heterocycles. The second-order valence-electron chi connectivity index (χ2n) is 5.11. The summed E-state index contributed by atoms with van der Waals surface area (Å²) in [6.07, 6.45) is 0. The second kappa shape index (κ2) is 7.31. The van der Waals surface area contributed by atoms with Crippen LogP contribution in [0.2, 0.25) is 5.02 Å². The van der Waals surface area contributed by atoms with E-state index < -0.39 is 0 Å². The van der Waals surface area contributed by atoms with Crippen LogP contribution < -0.4 is 15.7 Å². The lowest BCUT2D eigenvalue weighted by molar-refractivity contribution is 0.313. The summed E-state index contributed by atoms with van der Waals surface area (Å²) in [6.45, 7) is 2.02. The van der Waals surface area contributed by atoms with Crippen LogP contribution in [-0.2, 0) is 6.54 Å². The van der Waals surface area contributed by atoms with Gasteiger partial charge in [-0.15, -0.1) is 0 Å². The van der Waals surface area contributed by atoms with E-state index in [1.165, 1.54) is 6.07 Å². The summed E-state index contributed by atoms with van der Waals surface area (Å²) in [5, 5.41) is 4.93. The van der Waals surface area contributed by atoms with Crippen LogP contribution in [0.5, 0.6) is 5.75 Å². The van der Waals surface area contributed by atoms with E-state index in [1.54, 1.807) is 18.2 Å². The normalized spacial score (nSPS) is 10.8. The van der Waals surface area contributed by atoms with Crippen LogP contribution in [0.25, 0.3) is 11.0 Å². The average molecular weight is 330 g/mol. The van der Waals surface area contributed by atoms with Gasteiger partial charge in [0.05, 0.1) is 0 Å². The Labute approximate surface area is 138 Å². The largest absolute Gasteiger partial charge is 0.492 e. The van der Waals surface area contributed by atoms with Crippen LogP contribution in [0.15, 0.2) is 63.8 Å². The quantitative estimate of drug-likeness (QED) is 0.554. The zero-order valence-corrected chi connectivity index (χ0v) is 13.2. The molecule has 0 fully saturated rings. The van der Waals surface area contributed by atoms with Crippen LogP contribution in [0.3, 0.4) is 0 Å². The Morgan fingerprint density at radius 2 is 1.87 bits per heavy atom. The van der Waals surface area contributed by atoms with Crippen molar-refractivity contribution in [2.24, 2.45) is 0 Å². The smallest absolute Gasteiger partial charge is 0.336 e. The van der Waals surface area contributed by atoms with Gasteiger partial charge < -0.3 is 14.5 Å². The van der Waals surface area contributed by atoms with Crippen LogP contribution in [0, 0.1) is 0 Å². The van der Waals surface area contributed by atoms with E-state index in [0.717, 1.165) is 29.8 Å². The molecule has 1 heterocycles. The minimum atomic E-state index is -0.331. The number of benzene rings is 2. The summed E-state index contributed by atoms with van der Waals surface area (Å²) >= 11 is 5.82. The number of fused-ring (bicyclic) bond motifs is 1. The minimum absolute atomic E-state index is 0.331. The highest BCUT2D eigenvalue weighted by atomic mass is 35.5. The number of nitrogens with one attached hydrogen (secondary N) is 1. The maximum Gasteiger partial charge on any atom is 0.336 e. The predicted molar refractivity (Wildman–Crippen MR) is 91.1 cm³/mol. The molecule has 0 spiro atoms. The highest BCUT2D eigenvalue weighted by Gasteiger charge is 2.00. The molecule has 0 bridgehead atoms. The zero-order valence-electron chi connectivity index (χ0n) is 12.4. The third kappa shape index (κ3) is 4.34. The predicted octanol–water partition coefficient (Wildman–Crippen LogP) is 3.62. The Morgan fingerprint density at radius 3 is 2.70 bits per heavy atom. The summed E-state index contributed by atoms with van der Waals surface area (Å²) in [7, 11) is 0. The molecule has 0 unspecified atom stereocenters. The van der Waals surface area contributed by atoms with Crippen LogP contribution in [0.4, 0.5) is 0 Å². The first kappa shape index (κ1) is 15.6. The lowest BCUT2D eigenvalue weighted by atomic mass is 10.1. The van der Waals surface area contributed by atoms with Crippen molar-refractivity contribution in [3.05, 3.63) is 75.6 Å². The number of rotatable bonds is 6. The standard InChI is InChI=1S/C18H16ClNO3/c19-15-3-5-16(6-4-15)22-10-9-20-12-13-1-7-17-14(11-13)2-8-18(21)23-17/h1-8,11,20H,9-10,12H2. The fraction of sp³-hybridized carbons (Fsp3) is 0.167. The minimum Gasteiger partial charge on any atom is -0.492 e. The second-order valence-corrected chi connectivity index (χ2v) is 5.54. The first-order valence-electron chi connectivity index (χ1n) is 7.32. The van der Waals surface area contributed by atoms with Gasteiger partial charge >= 0.3 is 5.63 Å². The van der Waals surface area contributed by atoms with Crippen LogP contribution in [0.1, 0.15) is 5.56 Å². The van der Waals surface area contributed by atoms with E-state index in [4.69, 9.17) is 20.8 Å². The van der Waals surface area contributed by atoms with Gasteiger partial charge in [0.25, 0.3) is 0 Å². The van der Waals surface area contributed by atoms with Gasteiger partial charge in [-0.1, -0.05) is 17.7 Å². The van der Waals surface area contributed by atoms with Gasteiger partial charge in [-0.2, -0.15) is 0 Å². The van der Waals surface area contributed by atoms with E-state index >= 15 is 0 Å². The lowest BCUT2D eigenvalue weighted by Gasteiger charge is -2.08. The third-order valence-corrected chi connectivity index (χ3v) is 3.63. The first-order valence-corrected chi connectivity index (χ1v) is 7.70. The van der Waals surface area contributed by atoms with Crippen molar-refractivity contribution in [2.45, 2.75) is 6.54 Å². The van der Waals surface area contributed by atoms with Gasteiger partial charge in [0.2, 0.25) is 0 Å². The average Bonchev–Trinajstić information content (AvgIpc) is 2.56. The highest BCUT2D eigenvalue weighted by Crippen LogP contribution is 2.15. The van der Waals surface area contributed by atoms with Crippen molar-refractivity contribution in [1.29, 1.82) is 0 Å². The van der Waals surface area contributed by atoms with Gasteiger partial charge in [0.1, 0.15) is 17.9 Å². The van der Waals surface area contributed by atoms with Gasteiger partial charge in [0, 0.05) is 29.6 Å². The molecule has 3 aromatic rings. The summed E-state index contributed by atoms with van der Waals surface area (Å²) < 4.78 is 10.7. The maximum atomic E-state index is 11.1. The molecule has 4 nitrogen and oxygen atoms in total. The number of halogens is 1. The van der Waals surface area contributed by atoms with Crippen molar-refractivity contribution in [1.82, 2.24) is 5.32 Å². The van der Waals surface area contributed by atoms with Crippen LogP contribution >= 0.6 is 11.6 Å². The molecule has 0 amide bonds. The summed E-state index contributed by atoms with van der Waals surface area (Å²) in [4.78, 5) is 11.1. The van der Waals surface area contributed by atoms with Gasteiger partial charge in [0.15, 0.2) is 0 Å². The monoisotopic (exact) mass is 329 g/mol. The molecule has 1 aromatic heterocycles. The number of hydrogen-bond acceptors (Lipinski definition) is 4. The topological polar surface area (TPSA) is 51.5 Å². The van der Waals surface area contributed by atoms with Crippen molar-refractivity contribution in [2.75, 3.05) is 13.2 Å². The molecular formula is C18H16ClNO3.